The summed E-state index contributed by atoms with van der Waals surface area (Å²) < 4.78 is 0. The van der Waals surface area contributed by atoms with Crippen LogP contribution in [0.25, 0.3) is 0 Å². The van der Waals surface area contributed by atoms with E-state index in [1.807, 2.05) is 6.92 Å². The monoisotopic (exact) mass is 230 g/mol. The maximum atomic E-state index is 8.43. The number of rotatable bonds is 2. The van der Waals surface area contributed by atoms with Crippen LogP contribution < -0.4 is 0 Å². The molecule has 0 saturated heterocycles. The van der Waals surface area contributed by atoms with Gasteiger partial charge in [-0.05, 0) is 0 Å². The van der Waals surface area contributed by atoms with Gasteiger partial charge in [-0.25, -0.2) is 0 Å². The number of hydrogen-bond donors (Lipinski definition) is 1. The molecule has 0 aromatic carbocycles. The molecule has 0 aliphatic heterocycles. The van der Waals surface area contributed by atoms with Crippen molar-refractivity contribution in [3.63, 3.8) is 0 Å². The van der Waals surface area contributed by atoms with E-state index in [9.17, 15) is 0 Å². The fourth-order valence-electron chi connectivity index (χ4n) is 0.145. The lowest BCUT2D eigenvalue weighted by atomic mass is 10.4. The molecule has 1 nitrogen and oxygen atoms in total. The highest BCUT2D eigenvalue weighted by Crippen LogP contribution is 2.11. The summed E-state index contributed by atoms with van der Waals surface area (Å²) in [6.07, 6.45) is 0. The summed E-state index contributed by atoms with van der Waals surface area (Å²) in [5.74, 6) is 0. The summed E-state index contributed by atoms with van der Waals surface area (Å²) in [6, 6.07) is 0. The first kappa shape index (κ1) is 7.92. The fraction of sp³-hybridized carbons (Fsp3) is 1.00. The Morgan fingerprint density at radius 1 is 1.57 bits per heavy atom. The van der Waals surface area contributed by atoms with Crippen molar-refractivity contribution >= 4 is 31.9 Å². The Balaban J connectivity index is 3.14. The zero-order chi connectivity index (χ0) is 5.86. The molecule has 0 amide bonds. The van der Waals surface area contributed by atoms with Crippen LogP contribution in [-0.2, 0) is 0 Å². The van der Waals surface area contributed by atoms with Gasteiger partial charge in [0.1, 0.15) is 0 Å². The van der Waals surface area contributed by atoms with Gasteiger partial charge in [-0.2, -0.15) is 0 Å². The van der Waals surface area contributed by atoms with Gasteiger partial charge in [0.15, 0.2) is 0 Å². The van der Waals surface area contributed by atoms with Crippen molar-refractivity contribution in [3.8, 4) is 0 Å². The van der Waals surface area contributed by atoms with Crippen LogP contribution in [0.15, 0.2) is 0 Å². The summed E-state index contributed by atoms with van der Waals surface area (Å²) in [6.45, 7) is 2.17. The third-order valence-electron chi connectivity index (χ3n) is 0.673. The van der Waals surface area contributed by atoms with Crippen LogP contribution in [0.4, 0.5) is 0 Å². The number of halogens is 2. The second-order valence-electron chi connectivity index (χ2n) is 1.38. The molecule has 1 N–H and O–H groups in total. The molecule has 0 spiro atoms. The fourth-order valence-corrected chi connectivity index (χ4v) is 0.312. The first-order valence-corrected chi connectivity index (χ1v) is 3.90. The molecular formula is C4H8Br2O. The smallest absolute Gasteiger partial charge is 0.0567 e. The molecule has 2 atom stereocenters. The lowest BCUT2D eigenvalue weighted by Gasteiger charge is -2.05. The molecule has 0 aromatic heterocycles. The maximum Gasteiger partial charge on any atom is 0.0567 e. The predicted octanol–water partition coefficient (Wildman–Crippen LogP) is 1.53. The Hall–Kier alpha value is 0.920. The standard InChI is InChI=1S/C4H8Br2O/c1-3(5)4(6)2-7/h3-4,7H,2H2,1H3. The third-order valence-corrected chi connectivity index (χ3v) is 3.10. The van der Waals surface area contributed by atoms with E-state index < -0.39 is 0 Å². The highest BCUT2D eigenvalue weighted by molar-refractivity contribution is 9.12. The van der Waals surface area contributed by atoms with Crippen molar-refractivity contribution in [3.05, 3.63) is 0 Å². The van der Waals surface area contributed by atoms with E-state index in [1.165, 1.54) is 0 Å². The van der Waals surface area contributed by atoms with E-state index in [0.717, 1.165) is 0 Å². The molecule has 7 heavy (non-hydrogen) atoms. The summed E-state index contributed by atoms with van der Waals surface area (Å²) in [4.78, 5) is 0.532. The van der Waals surface area contributed by atoms with Gasteiger partial charge < -0.3 is 5.11 Å². The molecule has 0 aromatic rings. The lowest BCUT2D eigenvalue weighted by molar-refractivity contribution is 0.297. The van der Waals surface area contributed by atoms with Gasteiger partial charge in [0.2, 0.25) is 0 Å². The summed E-state index contributed by atoms with van der Waals surface area (Å²) >= 11 is 6.54. The maximum absolute atomic E-state index is 8.43. The number of aliphatic hydroxyl groups excluding tert-OH is 1. The van der Waals surface area contributed by atoms with Crippen LogP contribution in [0.3, 0.4) is 0 Å². The lowest BCUT2D eigenvalue weighted by Crippen LogP contribution is -2.13. The van der Waals surface area contributed by atoms with Gasteiger partial charge in [0.25, 0.3) is 0 Å². The van der Waals surface area contributed by atoms with E-state index >= 15 is 0 Å². The van der Waals surface area contributed by atoms with Crippen molar-refractivity contribution in [2.24, 2.45) is 0 Å². The van der Waals surface area contributed by atoms with Gasteiger partial charge in [-0.3, -0.25) is 0 Å². The van der Waals surface area contributed by atoms with Crippen molar-refractivity contribution in [2.75, 3.05) is 6.61 Å². The Morgan fingerprint density at radius 3 is 2.00 bits per heavy atom. The molecule has 0 fully saturated rings. The molecule has 0 aliphatic rings. The average Bonchev–Trinajstić information content (AvgIpc) is 1.65. The topological polar surface area (TPSA) is 20.2 Å². The number of alkyl halides is 2. The molecule has 3 heteroatoms. The first-order chi connectivity index (χ1) is 3.18. The molecule has 0 rings (SSSR count). The number of hydrogen-bond acceptors (Lipinski definition) is 1. The normalized spacial score (nSPS) is 18.9. The summed E-state index contributed by atoms with van der Waals surface area (Å²) in [7, 11) is 0. The van der Waals surface area contributed by atoms with Gasteiger partial charge >= 0.3 is 0 Å². The predicted molar refractivity (Wildman–Crippen MR) is 38.2 cm³/mol. The Morgan fingerprint density at radius 2 is 2.00 bits per heavy atom. The SMILES string of the molecule is CC(Br)C(Br)CO. The largest absolute Gasteiger partial charge is 0.395 e. The second kappa shape index (κ2) is 3.87. The molecule has 0 heterocycles. The minimum atomic E-state index is 0.187. The van der Waals surface area contributed by atoms with E-state index in [-0.39, 0.29) is 11.4 Å². The molecule has 0 bridgehead atoms. The molecule has 2 unspecified atom stereocenters. The van der Waals surface area contributed by atoms with Crippen LogP contribution in [0.1, 0.15) is 6.92 Å². The van der Waals surface area contributed by atoms with E-state index in [1.54, 1.807) is 0 Å². The van der Waals surface area contributed by atoms with E-state index in [0.29, 0.717) is 4.83 Å². The molecular weight excluding hydrogens is 224 g/mol. The number of aliphatic hydroxyl groups is 1. The van der Waals surface area contributed by atoms with Crippen LogP contribution in [0, 0.1) is 0 Å². The van der Waals surface area contributed by atoms with Crippen molar-refractivity contribution in [1.29, 1.82) is 0 Å². The van der Waals surface area contributed by atoms with Gasteiger partial charge in [-0.1, -0.05) is 38.8 Å². The first-order valence-electron chi connectivity index (χ1n) is 2.07. The van der Waals surface area contributed by atoms with E-state index in [2.05, 4.69) is 31.9 Å². The highest BCUT2D eigenvalue weighted by Gasteiger charge is 2.06. The van der Waals surface area contributed by atoms with Crippen molar-refractivity contribution < 1.29 is 5.11 Å². The minimum absolute atomic E-state index is 0.187. The van der Waals surface area contributed by atoms with Crippen molar-refractivity contribution in [2.45, 2.75) is 16.6 Å². The average molecular weight is 232 g/mol. The van der Waals surface area contributed by atoms with Crippen LogP contribution in [0.2, 0.25) is 0 Å². The summed E-state index contributed by atoms with van der Waals surface area (Å²) in [5.41, 5.74) is 0. The molecule has 0 aliphatic carbocycles. The molecule has 44 valence electrons. The van der Waals surface area contributed by atoms with Crippen LogP contribution in [-0.4, -0.2) is 21.4 Å². The molecule has 0 radical (unpaired) electrons. The highest BCUT2D eigenvalue weighted by atomic mass is 79.9. The Labute approximate surface area is 60.4 Å². The van der Waals surface area contributed by atoms with Gasteiger partial charge in [0.05, 0.1) is 6.61 Å². The zero-order valence-corrected chi connectivity index (χ0v) is 7.24. The van der Waals surface area contributed by atoms with Crippen molar-refractivity contribution in [1.82, 2.24) is 0 Å². The third kappa shape index (κ3) is 3.50. The van der Waals surface area contributed by atoms with Crippen LogP contribution >= 0.6 is 31.9 Å². The minimum Gasteiger partial charge on any atom is -0.395 e. The van der Waals surface area contributed by atoms with Gasteiger partial charge in [0, 0.05) is 9.65 Å². The second-order valence-corrected chi connectivity index (χ2v) is 4.00. The van der Waals surface area contributed by atoms with Crippen LogP contribution in [0.5, 0.6) is 0 Å². The zero-order valence-electron chi connectivity index (χ0n) is 4.06. The Bertz CT molecular complexity index is 47.0. The Kier molecular flexibility index (Phi) is 4.37. The summed E-state index contributed by atoms with van der Waals surface area (Å²) in [5, 5.41) is 8.43. The quantitative estimate of drug-likeness (QED) is 0.715. The van der Waals surface area contributed by atoms with E-state index in [4.69, 9.17) is 5.11 Å². The molecule has 0 saturated carbocycles. The van der Waals surface area contributed by atoms with Gasteiger partial charge in [-0.15, -0.1) is 0 Å².